The summed E-state index contributed by atoms with van der Waals surface area (Å²) < 4.78 is 0. The lowest BCUT2D eigenvalue weighted by Crippen LogP contribution is -2.25. The smallest absolute Gasteiger partial charge is 0.0439 e. The van der Waals surface area contributed by atoms with Crippen molar-refractivity contribution in [3.63, 3.8) is 0 Å². The summed E-state index contributed by atoms with van der Waals surface area (Å²) in [7, 11) is 0. The largest absolute Gasteiger partial charge is 0.327 e. The number of aryl methyl sites for hydroxylation is 1. The summed E-state index contributed by atoms with van der Waals surface area (Å²) in [5.41, 5.74) is 8.46. The van der Waals surface area contributed by atoms with Gasteiger partial charge >= 0.3 is 0 Å². The molecule has 1 nitrogen and oxygen atoms in total. The van der Waals surface area contributed by atoms with Crippen LogP contribution >= 0.6 is 35.0 Å². The lowest BCUT2D eigenvalue weighted by molar-refractivity contribution is 0.749. The maximum Gasteiger partial charge on any atom is 0.0439 e. The number of hydrogen-bond acceptors (Lipinski definition) is 2. The first-order chi connectivity index (χ1) is 9.54. The van der Waals surface area contributed by atoms with Crippen LogP contribution in [0.2, 0.25) is 10.0 Å². The Morgan fingerprint density at radius 2 is 1.80 bits per heavy atom. The highest BCUT2D eigenvalue weighted by molar-refractivity contribution is 7.99. The topological polar surface area (TPSA) is 26.0 Å². The van der Waals surface area contributed by atoms with Crippen molar-refractivity contribution in [3.8, 4) is 0 Å². The van der Waals surface area contributed by atoms with Crippen molar-refractivity contribution in [2.45, 2.75) is 24.3 Å². The quantitative estimate of drug-likeness (QED) is 0.786. The van der Waals surface area contributed by atoms with Gasteiger partial charge in [-0.3, -0.25) is 0 Å². The molecule has 0 spiro atoms. The zero-order valence-corrected chi connectivity index (χ0v) is 13.6. The van der Waals surface area contributed by atoms with E-state index >= 15 is 0 Å². The Hall–Kier alpha value is -0.670. The zero-order chi connectivity index (χ0) is 14.5. The van der Waals surface area contributed by atoms with E-state index in [0.29, 0.717) is 5.02 Å². The molecule has 0 aliphatic carbocycles. The molecule has 0 aliphatic rings. The molecule has 106 valence electrons. The molecule has 2 aromatic carbocycles. The minimum atomic E-state index is 0.0530. The van der Waals surface area contributed by atoms with Gasteiger partial charge in [0.25, 0.3) is 0 Å². The predicted octanol–water partition coefficient (Wildman–Crippen LogP) is 4.96. The van der Waals surface area contributed by atoms with Crippen LogP contribution < -0.4 is 5.73 Å². The molecule has 0 saturated heterocycles. The van der Waals surface area contributed by atoms with Crippen LogP contribution in [0.15, 0.2) is 47.4 Å². The van der Waals surface area contributed by atoms with Crippen molar-refractivity contribution in [1.29, 1.82) is 0 Å². The van der Waals surface area contributed by atoms with E-state index in [2.05, 4.69) is 31.2 Å². The van der Waals surface area contributed by atoms with E-state index < -0.39 is 0 Å². The maximum absolute atomic E-state index is 6.18. The molecule has 0 aromatic heterocycles. The van der Waals surface area contributed by atoms with Gasteiger partial charge in [0.15, 0.2) is 0 Å². The van der Waals surface area contributed by atoms with Crippen LogP contribution in [0, 0.1) is 6.92 Å². The van der Waals surface area contributed by atoms with Gasteiger partial charge in [0.05, 0.1) is 0 Å². The first kappa shape index (κ1) is 15.7. The van der Waals surface area contributed by atoms with Crippen LogP contribution in [0.4, 0.5) is 0 Å². The SMILES string of the molecule is Cc1ccc(SCC(N)Cc2cc(Cl)ccc2Cl)cc1. The number of rotatable bonds is 5. The number of halogens is 2. The molecule has 0 radical (unpaired) electrons. The normalized spacial score (nSPS) is 12.4. The Balaban J connectivity index is 1.90. The molecule has 2 N–H and O–H groups in total. The Morgan fingerprint density at radius 3 is 2.50 bits per heavy atom. The van der Waals surface area contributed by atoms with E-state index in [1.165, 1.54) is 10.5 Å². The number of nitrogens with two attached hydrogens (primary N) is 1. The minimum Gasteiger partial charge on any atom is -0.327 e. The van der Waals surface area contributed by atoms with Crippen molar-refractivity contribution in [1.82, 2.24) is 0 Å². The number of benzene rings is 2. The molecule has 0 amide bonds. The van der Waals surface area contributed by atoms with Gasteiger partial charge in [0.1, 0.15) is 0 Å². The van der Waals surface area contributed by atoms with Gasteiger partial charge in [0, 0.05) is 26.7 Å². The number of hydrogen-bond donors (Lipinski definition) is 1. The molecule has 0 saturated carbocycles. The highest BCUT2D eigenvalue weighted by Gasteiger charge is 2.09. The average Bonchev–Trinajstić information content (AvgIpc) is 2.42. The monoisotopic (exact) mass is 325 g/mol. The van der Waals surface area contributed by atoms with E-state index in [-0.39, 0.29) is 6.04 Å². The van der Waals surface area contributed by atoms with E-state index in [0.717, 1.165) is 22.8 Å². The summed E-state index contributed by atoms with van der Waals surface area (Å²) in [6.07, 6.45) is 0.734. The fraction of sp³-hybridized carbons (Fsp3) is 0.250. The van der Waals surface area contributed by atoms with Crippen molar-refractivity contribution in [3.05, 3.63) is 63.6 Å². The first-order valence-corrected chi connectivity index (χ1v) is 8.18. The van der Waals surface area contributed by atoms with Gasteiger partial charge in [-0.1, -0.05) is 40.9 Å². The van der Waals surface area contributed by atoms with Crippen LogP contribution in [-0.2, 0) is 6.42 Å². The Labute approximate surface area is 134 Å². The van der Waals surface area contributed by atoms with Crippen molar-refractivity contribution in [2.75, 3.05) is 5.75 Å². The van der Waals surface area contributed by atoms with Crippen LogP contribution in [-0.4, -0.2) is 11.8 Å². The second-order valence-corrected chi connectivity index (χ2v) is 6.76. The van der Waals surface area contributed by atoms with Gasteiger partial charge < -0.3 is 5.73 Å². The molecule has 0 heterocycles. The molecule has 2 aromatic rings. The van der Waals surface area contributed by atoms with Gasteiger partial charge in [-0.2, -0.15) is 0 Å². The first-order valence-electron chi connectivity index (χ1n) is 6.43. The van der Waals surface area contributed by atoms with Crippen LogP contribution in [0.5, 0.6) is 0 Å². The Morgan fingerprint density at radius 1 is 1.10 bits per heavy atom. The second-order valence-electron chi connectivity index (χ2n) is 4.82. The minimum absolute atomic E-state index is 0.0530. The van der Waals surface area contributed by atoms with Crippen LogP contribution in [0.3, 0.4) is 0 Å². The molecule has 2 rings (SSSR count). The van der Waals surface area contributed by atoms with E-state index in [4.69, 9.17) is 28.9 Å². The van der Waals surface area contributed by atoms with Crippen molar-refractivity contribution in [2.24, 2.45) is 5.73 Å². The van der Waals surface area contributed by atoms with Crippen molar-refractivity contribution < 1.29 is 0 Å². The van der Waals surface area contributed by atoms with Crippen molar-refractivity contribution >= 4 is 35.0 Å². The molecule has 1 atom stereocenters. The zero-order valence-electron chi connectivity index (χ0n) is 11.3. The summed E-state index contributed by atoms with van der Waals surface area (Å²) in [5.74, 6) is 0.853. The molecule has 0 fully saturated rings. The molecular weight excluding hydrogens is 309 g/mol. The van der Waals surface area contributed by atoms with Crippen LogP contribution in [0.25, 0.3) is 0 Å². The summed E-state index contributed by atoms with van der Waals surface area (Å²) in [4.78, 5) is 1.24. The lowest BCUT2D eigenvalue weighted by atomic mass is 10.1. The molecular formula is C16H17Cl2NS. The standard InChI is InChI=1S/C16H17Cl2NS/c1-11-2-5-15(6-3-11)20-10-14(19)9-12-8-13(17)4-7-16(12)18/h2-8,14H,9-10,19H2,1H3. The summed E-state index contributed by atoms with van der Waals surface area (Å²) in [6.45, 7) is 2.08. The van der Waals surface area contributed by atoms with Crippen LogP contribution in [0.1, 0.15) is 11.1 Å². The third-order valence-electron chi connectivity index (χ3n) is 2.97. The van der Waals surface area contributed by atoms with Gasteiger partial charge in [0.2, 0.25) is 0 Å². The van der Waals surface area contributed by atoms with E-state index in [1.807, 2.05) is 12.1 Å². The third-order valence-corrected chi connectivity index (χ3v) is 4.78. The van der Waals surface area contributed by atoms with Gasteiger partial charge in [-0.05, 0) is 49.2 Å². The van der Waals surface area contributed by atoms with Gasteiger partial charge in [-0.15, -0.1) is 11.8 Å². The Bertz CT molecular complexity index is 569. The third kappa shape index (κ3) is 4.71. The Kier molecular flexibility index (Phi) is 5.79. The highest BCUT2D eigenvalue weighted by atomic mass is 35.5. The summed E-state index contributed by atoms with van der Waals surface area (Å²) >= 11 is 13.9. The molecule has 0 aliphatic heterocycles. The average molecular weight is 326 g/mol. The molecule has 1 unspecified atom stereocenters. The highest BCUT2D eigenvalue weighted by Crippen LogP contribution is 2.24. The fourth-order valence-corrected chi connectivity index (χ4v) is 3.12. The van der Waals surface area contributed by atoms with Gasteiger partial charge in [-0.25, -0.2) is 0 Å². The predicted molar refractivity (Wildman–Crippen MR) is 90.0 cm³/mol. The second kappa shape index (κ2) is 7.37. The fourth-order valence-electron chi connectivity index (χ4n) is 1.88. The summed E-state index contributed by atoms with van der Waals surface area (Å²) in [5, 5.41) is 1.42. The van der Waals surface area contributed by atoms with E-state index in [1.54, 1.807) is 17.8 Å². The maximum atomic E-state index is 6.18. The number of thioether (sulfide) groups is 1. The molecule has 0 bridgehead atoms. The molecule has 4 heteroatoms. The molecule has 20 heavy (non-hydrogen) atoms. The van der Waals surface area contributed by atoms with E-state index in [9.17, 15) is 0 Å². The lowest BCUT2D eigenvalue weighted by Gasteiger charge is -2.13. The summed E-state index contributed by atoms with van der Waals surface area (Å²) in [6, 6.07) is 14.0.